The second-order valence-corrected chi connectivity index (χ2v) is 9.74. The van der Waals surface area contributed by atoms with Crippen molar-refractivity contribution < 1.29 is 19.4 Å². The molecule has 0 bridgehead atoms. The van der Waals surface area contributed by atoms with E-state index in [1.165, 1.54) is 0 Å². The average Bonchev–Trinajstić information content (AvgIpc) is 2.84. The molecule has 0 radical (unpaired) electrons. The number of nitrogen functional groups attached to an aromatic ring is 1. The monoisotopic (exact) mass is 515 g/mol. The van der Waals surface area contributed by atoms with E-state index < -0.39 is 11.4 Å². The fourth-order valence-corrected chi connectivity index (χ4v) is 3.26. The van der Waals surface area contributed by atoms with E-state index in [1.807, 2.05) is 59.7 Å². The molecular formula is C28H41N3O6. The second-order valence-electron chi connectivity index (χ2n) is 9.74. The van der Waals surface area contributed by atoms with Crippen molar-refractivity contribution in [1.82, 2.24) is 4.98 Å². The molecule has 1 aromatic heterocycles. The van der Waals surface area contributed by atoms with Crippen LogP contribution in [-0.4, -0.2) is 40.2 Å². The number of fused-ring (bicyclic) bond motifs is 1. The van der Waals surface area contributed by atoms with Crippen LogP contribution in [0.3, 0.4) is 0 Å². The Balaban J connectivity index is 0.000000302. The first-order valence-electron chi connectivity index (χ1n) is 12.3. The Morgan fingerprint density at radius 3 is 2.05 bits per heavy atom. The van der Waals surface area contributed by atoms with Gasteiger partial charge in [0.15, 0.2) is 5.78 Å². The highest BCUT2D eigenvalue weighted by molar-refractivity contribution is 6.01. The van der Waals surface area contributed by atoms with Gasteiger partial charge in [-0.25, -0.2) is 9.59 Å². The molecule has 2 aromatic carbocycles. The number of carbonyl (C=O) groups excluding carboxylic acids is 1. The Morgan fingerprint density at radius 2 is 1.54 bits per heavy atom. The smallest absolute Gasteiger partial charge is 0.398 e. The number of rotatable bonds is 7. The summed E-state index contributed by atoms with van der Waals surface area (Å²) in [6.45, 7) is 11.8. The number of anilines is 1. The van der Waals surface area contributed by atoms with Crippen molar-refractivity contribution in [3.8, 4) is 0 Å². The summed E-state index contributed by atoms with van der Waals surface area (Å²) >= 11 is 0. The lowest BCUT2D eigenvalue weighted by Crippen LogP contribution is -2.29. The van der Waals surface area contributed by atoms with Crippen LogP contribution in [0.2, 0.25) is 0 Å². The van der Waals surface area contributed by atoms with E-state index in [0.29, 0.717) is 34.5 Å². The van der Waals surface area contributed by atoms with Crippen LogP contribution in [0.1, 0.15) is 55.6 Å². The number of hydrogen-bond acceptors (Lipinski definition) is 8. The third-order valence-electron chi connectivity index (χ3n) is 6.22. The lowest BCUT2D eigenvalue weighted by Gasteiger charge is -2.17. The summed E-state index contributed by atoms with van der Waals surface area (Å²) in [6, 6.07) is 10.6. The predicted molar refractivity (Wildman–Crippen MR) is 148 cm³/mol. The first-order valence-corrected chi connectivity index (χ1v) is 12.3. The number of ketones is 1. The maximum Gasteiger partial charge on any atom is 0.419 e. The molecule has 9 heteroatoms. The number of hydrogen-bond donors (Lipinski definition) is 5. The van der Waals surface area contributed by atoms with Crippen LogP contribution in [0.15, 0.2) is 50.4 Å². The van der Waals surface area contributed by atoms with Crippen LogP contribution in [0.25, 0.3) is 10.9 Å². The number of aromatic nitrogens is 1. The molecule has 2 atom stereocenters. The molecule has 0 saturated heterocycles. The molecule has 0 spiro atoms. The predicted octanol–water partition coefficient (Wildman–Crippen LogP) is 3.17. The Labute approximate surface area is 217 Å². The molecule has 0 fully saturated rings. The van der Waals surface area contributed by atoms with Gasteiger partial charge in [0, 0.05) is 30.3 Å². The van der Waals surface area contributed by atoms with Crippen molar-refractivity contribution in [3.05, 3.63) is 74.1 Å². The van der Waals surface area contributed by atoms with E-state index in [0.717, 1.165) is 11.1 Å². The molecule has 0 aliphatic rings. The number of carbonyl (C=O) groups is 1. The zero-order chi connectivity index (χ0) is 28.3. The first kappa shape index (κ1) is 31.8. The highest BCUT2D eigenvalue weighted by Crippen LogP contribution is 2.22. The van der Waals surface area contributed by atoms with Gasteiger partial charge in [-0.15, -0.1) is 0 Å². The van der Waals surface area contributed by atoms with E-state index in [2.05, 4.69) is 9.40 Å². The zero-order valence-electron chi connectivity index (χ0n) is 22.6. The van der Waals surface area contributed by atoms with Gasteiger partial charge >= 0.3 is 11.4 Å². The molecular weight excluding hydrogens is 474 g/mol. The van der Waals surface area contributed by atoms with Gasteiger partial charge in [0.05, 0.1) is 17.5 Å². The van der Waals surface area contributed by atoms with Crippen LogP contribution in [0.4, 0.5) is 5.69 Å². The van der Waals surface area contributed by atoms with E-state index in [4.69, 9.17) is 16.6 Å². The molecule has 3 rings (SSSR count). The van der Waals surface area contributed by atoms with Gasteiger partial charge in [0.25, 0.3) is 0 Å². The summed E-state index contributed by atoms with van der Waals surface area (Å²) in [5.74, 6) is -0.0202. The van der Waals surface area contributed by atoms with Crippen LogP contribution in [0, 0.1) is 31.6 Å². The van der Waals surface area contributed by atoms with Crippen molar-refractivity contribution in [3.63, 3.8) is 0 Å². The van der Waals surface area contributed by atoms with Crippen molar-refractivity contribution in [2.45, 2.75) is 54.0 Å². The van der Waals surface area contributed by atoms with E-state index in [-0.39, 0.29) is 36.9 Å². The van der Waals surface area contributed by atoms with Gasteiger partial charge in [-0.2, -0.15) is 0 Å². The van der Waals surface area contributed by atoms with Crippen molar-refractivity contribution in [2.75, 3.05) is 18.9 Å². The highest BCUT2D eigenvalue weighted by Gasteiger charge is 2.19. The minimum absolute atomic E-state index is 0.00223. The molecule has 2 unspecified atom stereocenters. The van der Waals surface area contributed by atoms with Gasteiger partial charge in [-0.1, -0.05) is 52.0 Å². The summed E-state index contributed by atoms with van der Waals surface area (Å²) in [7, 11) is 0. The third kappa shape index (κ3) is 9.60. The molecule has 0 amide bonds. The summed E-state index contributed by atoms with van der Waals surface area (Å²) in [5.41, 5.74) is 14.1. The number of H-pyrrole nitrogens is 1. The van der Waals surface area contributed by atoms with Crippen molar-refractivity contribution >= 4 is 22.4 Å². The number of aliphatic hydroxyl groups excluding tert-OH is 2. The highest BCUT2D eigenvalue weighted by atomic mass is 16.4. The number of benzene rings is 2. The lowest BCUT2D eigenvalue weighted by molar-refractivity contribution is 0.0908. The average molecular weight is 516 g/mol. The molecule has 204 valence electrons. The second kappa shape index (κ2) is 15.1. The van der Waals surface area contributed by atoms with E-state index in [1.54, 1.807) is 18.2 Å². The maximum atomic E-state index is 12.1. The summed E-state index contributed by atoms with van der Waals surface area (Å²) < 4.78 is 4.38. The lowest BCUT2D eigenvalue weighted by atomic mass is 9.89. The normalized spacial score (nSPS) is 12.4. The molecule has 9 nitrogen and oxygen atoms in total. The summed E-state index contributed by atoms with van der Waals surface area (Å²) in [4.78, 5) is 36.6. The minimum Gasteiger partial charge on any atom is -0.398 e. The number of para-hydroxylation sites is 2. The van der Waals surface area contributed by atoms with Crippen LogP contribution in [-0.2, 0) is 0 Å². The molecule has 0 aliphatic heterocycles. The Kier molecular flexibility index (Phi) is 13.0. The molecule has 3 aromatic rings. The number of nitrogens with two attached hydrogens (primary N) is 2. The maximum absolute atomic E-state index is 12.1. The number of Topliss-reactive ketones (excluding diaryl/α,β-unsaturated/α-hetero) is 1. The van der Waals surface area contributed by atoms with Gasteiger partial charge in [0.1, 0.15) is 0 Å². The number of nitrogens with one attached hydrogen (secondary N) is 1. The van der Waals surface area contributed by atoms with Crippen LogP contribution >= 0.6 is 0 Å². The van der Waals surface area contributed by atoms with Crippen LogP contribution < -0.4 is 22.8 Å². The van der Waals surface area contributed by atoms with Crippen molar-refractivity contribution in [1.29, 1.82) is 0 Å². The topological polar surface area (TPSA) is 173 Å². The Hall–Kier alpha value is -3.27. The number of aliphatic hydroxyl groups is 2. The fraction of sp³-hybridized carbons (Fsp3) is 0.464. The summed E-state index contributed by atoms with van der Waals surface area (Å²) in [5, 5.41) is 18.0. The van der Waals surface area contributed by atoms with Gasteiger partial charge in [-0.05, 0) is 54.9 Å². The number of aryl methyl sites for hydroxylation is 2. The SMILES string of the molecule is CC(C)C(N)CO.Cc1cccc(C(=O)CC(CO)C(C)C)c1N.Cc1cccc2c(=O)oc(=O)[nH]c12. The largest absolute Gasteiger partial charge is 0.419 e. The van der Waals surface area contributed by atoms with Gasteiger partial charge in [-0.3, -0.25) is 9.78 Å². The quantitative estimate of drug-likeness (QED) is 0.236. The van der Waals surface area contributed by atoms with E-state index >= 15 is 0 Å². The Morgan fingerprint density at radius 1 is 0.946 bits per heavy atom. The standard InChI is InChI=1S/C14H21NO2.C9H7NO3.C5H13NO/c1-9(2)11(8-16)7-13(17)12-6-4-5-10(3)14(12)15;1-5-3-2-4-6-7(5)10-9(12)13-8(6)11;1-4(2)5(6)3-7/h4-6,9,11,16H,7-8,15H2,1-3H3;2-4H,1H3,(H,10,12);4-5,7H,3,6H2,1-2H3. The molecule has 0 saturated carbocycles. The first-order chi connectivity index (χ1) is 17.3. The molecule has 37 heavy (non-hydrogen) atoms. The summed E-state index contributed by atoms with van der Waals surface area (Å²) in [6.07, 6.45) is 0.349. The third-order valence-corrected chi connectivity index (χ3v) is 6.22. The van der Waals surface area contributed by atoms with Gasteiger partial charge < -0.3 is 26.1 Å². The molecule has 0 aliphatic carbocycles. The number of aromatic amines is 1. The van der Waals surface area contributed by atoms with E-state index in [9.17, 15) is 19.5 Å². The zero-order valence-corrected chi connectivity index (χ0v) is 22.6. The minimum atomic E-state index is -0.716. The molecule has 1 heterocycles. The van der Waals surface area contributed by atoms with Crippen LogP contribution in [0.5, 0.6) is 0 Å². The van der Waals surface area contributed by atoms with Gasteiger partial charge in [0.2, 0.25) is 0 Å². The van der Waals surface area contributed by atoms with Crippen molar-refractivity contribution in [2.24, 2.45) is 23.5 Å². The Bertz CT molecular complexity index is 1260. The molecule has 7 N–H and O–H groups in total. The fourth-order valence-electron chi connectivity index (χ4n) is 3.26.